The molecule has 33 heavy (non-hydrogen) atoms. The summed E-state index contributed by atoms with van der Waals surface area (Å²) >= 11 is 0. The number of fused-ring (bicyclic) bond motifs is 1. The van der Waals surface area contributed by atoms with Gasteiger partial charge >= 0.3 is 5.97 Å². The molecule has 2 aromatic rings. The minimum absolute atomic E-state index is 0.0500. The number of carbonyl (C=O) groups excluding carboxylic acids is 2. The van der Waals surface area contributed by atoms with Crippen molar-refractivity contribution >= 4 is 21.9 Å². The molecule has 176 valence electrons. The molecule has 1 aliphatic heterocycles. The summed E-state index contributed by atoms with van der Waals surface area (Å²) in [5.74, 6) is -0.968. The van der Waals surface area contributed by atoms with Gasteiger partial charge in [-0.05, 0) is 62.3 Å². The Morgan fingerprint density at radius 3 is 2.55 bits per heavy atom. The molecule has 1 heterocycles. The summed E-state index contributed by atoms with van der Waals surface area (Å²) in [7, 11) is -2.09. The zero-order chi connectivity index (χ0) is 23.6. The van der Waals surface area contributed by atoms with E-state index in [1.165, 1.54) is 9.87 Å². The normalized spacial score (nSPS) is 20.8. The summed E-state index contributed by atoms with van der Waals surface area (Å²) < 4.78 is 32.7. The molecule has 1 unspecified atom stereocenters. The van der Waals surface area contributed by atoms with E-state index >= 15 is 0 Å². The van der Waals surface area contributed by atoms with E-state index in [0.717, 1.165) is 30.4 Å². The summed E-state index contributed by atoms with van der Waals surface area (Å²) in [6.07, 6.45) is 3.80. The van der Waals surface area contributed by atoms with Gasteiger partial charge < -0.3 is 9.64 Å². The lowest BCUT2D eigenvalue weighted by molar-refractivity contribution is -0.155. The van der Waals surface area contributed by atoms with Crippen molar-refractivity contribution in [2.24, 2.45) is 0 Å². The SMILES string of the molecule is Cc1ccc(S(=O)(=O)N2CCC[C@H]2C(=O)OCC(=O)N(C)C2CCCc3ccccc32)cc1. The highest BCUT2D eigenvalue weighted by Gasteiger charge is 2.40. The fourth-order valence-corrected chi connectivity index (χ4v) is 6.39. The summed E-state index contributed by atoms with van der Waals surface area (Å²) in [6.45, 7) is 1.73. The van der Waals surface area contributed by atoms with Crippen LogP contribution in [0.15, 0.2) is 53.4 Å². The van der Waals surface area contributed by atoms with Crippen molar-refractivity contribution in [1.82, 2.24) is 9.21 Å². The molecule has 2 aliphatic rings. The van der Waals surface area contributed by atoms with Crippen LogP contribution in [-0.2, 0) is 30.8 Å². The molecule has 0 aromatic heterocycles. The number of sulfonamides is 1. The van der Waals surface area contributed by atoms with Gasteiger partial charge in [0, 0.05) is 13.6 Å². The third kappa shape index (κ3) is 4.82. The Bertz CT molecular complexity index is 1130. The van der Waals surface area contributed by atoms with Crippen molar-refractivity contribution in [2.75, 3.05) is 20.2 Å². The molecule has 2 atom stereocenters. The lowest BCUT2D eigenvalue weighted by atomic mass is 9.87. The van der Waals surface area contributed by atoms with Gasteiger partial charge in [-0.25, -0.2) is 8.42 Å². The number of ether oxygens (including phenoxy) is 1. The topological polar surface area (TPSA) is 84.0 Å². The molecular formula is C25H30N2O5S. The average molecular weight is 471 g/mol. The van der Waals surface area contributed by atoms with Crippen LogP contribution in [0.5, 0.6) is 0 Å². The van der Waals surface area contributed by atoms with Crippen LogP contribution in [0.4, 0.5) is 0 Å². The molecule has 1 amide bonds. The van der Waals surface area contributed by atoms with Crippen LogP contribution in [0, 0.1) is 6.92 Å². The van der Waals surface area contributed by atoms with E-state index in [1.54, 1.807) is 36.2 Å². The highest BCUT2D eigenvalue weighted by molar-refractivity contribution is 7.89. The van der Waals surface area contributed by atoms with E-state index in [4.69, 9.17) is 4.74 Å². The van der Waals surface area contributed by atoms with Crippen molar-refractivity contribution in [1.29, 1.82) is 0 Å². The number of rotatable bonds is 6. The second-order valence-electron chi connectivity index (χ2n) is 8.81. The highest BCUT2D eigenvalue weighted by Crippen LogP contribution is 2.33. The van der Waals surface area contributed by atoms with Gasteiger partial charge in [0.05, 0.1) is 10.9 Å². The van der Waals surface area contributed by atoms with Crippen molar-refractivity contribution < 1.29 is 22.7 Å². The zero-order valence-corrected chi connectivity index (χ0v) is 19.9. The van der Waals surface area contributed by atoms with Gasteiger partial charge in [0.15, 0.2) is 6.61 Å². The van der Waals surface area contributed by atoms with E-state index in [9.17, 15) is 18.0 Å². The first kappa shape index (κ1) is 23.4. The summed E-state index contributed by atoms with van der Waals surface area (Å²) in [6, 6.07) is 13.7. The number of aryl methyl sites for hydroxylation is 2. The molecule has 0 saturated carbocycles. The molecule has 0 spiro atoms. The van der Waals surface area contributed by atoms with Crippen LogP contribution >= 0.6 is 0 Å². The molecule has 8 heteroatoms. The van der Waals surface area contributed by atoms with Gasteiger partial charge in [-0.1, -0.05) is 42.0 Å². The van der Waals surface area contributed by atoms with Crippen LogP contribution < -0.4 is 0 Å². The van der Waals surface area contributed by atoms with Gasteiger partial charge in [-0.15, -0.1) is 0 Å². The van der Waals surface area contributed by atoms with Crippen molar-refractivity contribution in [3.05, 3.63) is 65.2 Å². The van der Waals surface area contributed by atoms with Crippen molar-refractivity contribution in [2.45, 2.75) is 56.0 Å². The first-order valence-corrected chi connectivity index (χ1v) is 12.8. The average Bonchev–Trinajstić information content (AvgIpc) is 3.33. The maximum absolute atomic E-state index is 13.1. The Morgan fingerprint density at radius 2 is 1.79 bits per heavy atom. The first-order chi connectivity index (χ1) is 15.8. The second kappa shape index (κ2) is 9.65. The van der Waals surface area contributed by atoms with E-state index in [2.05, 4.69) is 6.07 Å². The van der Waals surface area contributed by atoms with E-state index in [1.807, 2.05) is 25.1 Å². The highest BCUT2D eigenvalue weighted by atomic mass is 32.2. The molecule has 7 nitrogen and oxygen atoms in total. The van der Waals surface area contributed by atoms with Gasteiger partial charge in [0.25, 0.3) is 5.91 Å². The van der Waals surface area contributed by atoms with Crippen LogP contribution in [0.3, 0.4) is 0 Å². The minimum Gasteiger partial charge on any atom is -0.454 e. The van der Waals surface area contributed by atoms with E-state index in [0.29, 0.717) is 12.8 Å². The maximum Gasteiger partial charge on any atom is 0.324 e. The first-order valence-electron chi connectivity index (χ1n) is 11.4. The smallest absolute Gasteiger partial charge is 0.324 e. The van der Waals surface area contributed by atoms with E-state index in [-0.39, 0.29) is 23.4 Å². The summed E-state index contributed by atoms with van der Waals surface area (Å²) in [5, 5.41) is 0. The number of benzene rings is 2. The molecule has 1 aliphatic carbocycles. The Balaban J connectivity index is 1.40. The fraction of sp³-hybridized carbons (Fsp3) is 0.440. The number of carbonyl (C=O) groups is 2. The molecular weight excluding hydrogens is 440 g/mol. The molecule has 0 bridgehead atoms. The quantitative estimate of drug-likeness (QED) is 0.606. The third-order valence-electron chi connectivity index (χ3n) is 6.64. The minimum atomic E-state index is -3.82. The molecule has 0 N–H and O–H groups in total. The van der Waals surface area contributed by atoms with Crippen LogP contribution in [-0.4, -0.2) is 55.7 Å². The van der Waals surface area contributed by atoms with Gasteiger partial charge in [-0.2, -0.15) is 4.31 Å². The van der Waals surface area contributed by atoms with Crippen LogP contribution in [0.2, 0.25) is 0 Å². The molecule has 1 saturated heterocycles. The molecule has 4 rings (SSSR count). The molecule has 1 fully saturated rings. The van der Waals surface area contributed by atoms with Gasteiger partial charge in [-0.3, -0.25) is 9.59 Å². The Kier molecular flexibility index (Phi) is 6.86. The zero-order valence-electron chi connectivity index (χ0n) is 19.1. The van der Waals surface area contributed by atoms with Gasteiger partial charge in [0.1, 0.15) is 6.04 Å². The summed E-state index contributed by atoms with van der Waals surface area (Å²) in [4.78, 5) is 27.4. The fourth-order valence-electron chi connectivity index (χ4n) is 4.74. The third-order valence-corrected chi connectivity index (χ3v) is 8.56. The number of hydrogen-bond donors (Lipinski definition) is 0. The number of hydrogen-bond acceptors (Lipinski definition) is 5. The van der Waals surface area contributed by atoms with Gasteiger partial charge in [0.2, 0.25) is 10.0 Å². The van der Waals surface area contributed by atoms with Crippen LogP contribution in [0.25, 0.3) is 0 Å². The second-order valence-corrected chi connectivity index (χ2v) is 10.7. The maximum atomic E-state index is 13.1. The van der Waals surface area contributed by atoms with Crippen molar-refractivity contribution in [3.63, 3.8) is 0 Å². The lowest BCUT2D eigenvalue weighted by Crippen LogP contribution is -2.43. The van der Waals surface area contributed by atoms with Crippen LogP contribution in [0.1, 0.15) is 48.4 Å². The summed E-state index contributed by atoms with van der Waals surface area (Å²) in [5.41, 5.74) is 3.33. The number of esters is 1. The monoisotopic (exact) mass is 470 g/mol. The number of likely N-dealkylation sites (N-methyl/N-ethyl adjacent to an activating group) is 1. The standard InChI is InChI=1S/C25H30N2O5S/c1-18-12-14-20(15-13-18)33(30,31)27-16-6-11-23(27)25(29)32-17-24(28)26(2)22-10-5-8-19-7-3-4-9-21(19)22/h3-4,7,9,12-15,22-23H,5-6,8,10-11,16-17H2,1-2H3/t22?,23-/m0/s1. The largest absolute Gasteiger partial charge is 0.454 e. The Morgan fingerprint density at radius 1 is 1.06 bits per heavy atom. The van der Waals surface area contributed by atoms with E-state index < -0.39 is 28.6 Å². The Hall–Kier alpha value is -2.71. The lowest BCUT2D eigenvalue weighted by Gasteiger charge is -2.33. The molecule has 2 aromatic carbocycles. The predicted octanol–water partition coefficient (Wildman–Crippen LogP) is 3.23. The number of amides is 1. The Labute approximate surface area is 195 Å². The molecule has 0 radical (unpaired) electrons. The number of nitrogens with zero attached hydrogens (tertiary/aromatic N) is 2. The van der Waals surface area contributed by atoms with Crippen molar-refractivity contribution in [3.8, 4) is 0 Å². The predicted molar refractivity (Wildman–Crippen MR) is 124 cm³/mol.